The first-order valence-electron chi connectivity index (χ1n) is 8.58. The molecule has 0 radical (unpaired) electrons. The quantitative estimate of drug-likeness (QED) is 0.522. The fourth-order valence-electron chi connectivity index (χ4n) is 2.94. The van der Waals surface area contributed by atoms with Gasteiger partial charge in [0.25, 0.3) is 0 Å². The van der Waals surface area contributed by atoms with E-state index in [-0.39, 0.29) is 11.5 Å². The summed E-state index contributed by atoms with van der Waals surface area (Å²) >= 11 is 0. The molecule has 0 aliphatic rings. The molecule has 128 valence electrons. The van der Waals surface area contributed by atoms with Crippen LogP contribution in [0.15, 0.2) is 36.4 Å². The van der Waals surface area contributed by atoms with Crippen LogP contribution in [-0.4, -0.2) is 18.0 Å². The Balaban J connectivity index is 2.35. The lowest BCUT2D eigenvalue weighted by Gasteiger charge is -2.16. The molecule has 3 nitrogen and oxygen atoms in total. The molecule has 1 N–H and O–H groups in total. The Morgan fingerprint density at radius 2 is 1.75 bits per heavy atom. The van der Waals surface area contributed by atoms with Crippen molar-refractivity contribution in [1.82, 2.24) is 0 Å². The van der Waals surface area contributed by atoms with E-state index < -0.39 is 0 Å². The van der Waals surface area contributed by atoms with Crippen molar-refractivity contribution < 1.29 is 14.6 Å². The van der Waals surface area contributed by atoms with Gasteiger partial charge < -0.3 is 9.84 Å². The van der Waals surface area contributed by atoms with E-state index in [1.807, 2.05) is 18.2 Å². The fourth-order valence-corrected chi connectivity index (χ4v) is 2.94. The monoisotopic (exact) mass is 326 g/mol. The fraction of sp³-hybridized carbons (Fsp3) is 0.381. The van der Waals surface area contributed by atoms with Gasteiger partial charge in [0.15, 0.2) is 5.78 Å². The smallest absolute Gasteiger partial charge is 0.159 e. The molecule has 0 amide bonds. The Bertz CT molecular complexity index is 687. The molecule has 2 aromatic carbocycles. The number of benzene rings is 2. The summed E-state index contributed by atoms with van der Waals surface area (Å²) in [6.07, 6.45) is 5.68. The second-order valence-corrected chi connectivity index (χ2v) is 6.10. The van der Waals surface area contributed by atoms with Gasteiger partial charge in [0, 0.05) is 5.56 Å². The number of aryl methyl sites for hydroxylation is 1. The summed E-state index contributed by atoms with van der Waals surface area (Å²) in [5.41, 5.74) is 3.32. The van der Waals surface area contributed by atoms with Gasteiger partial charge >= 0.3 is 0 Å². The van der Waals surface area contributed by atoms with Crippen molar-refractivity contribution in [1.29, 1.82) is 0 Å². The SMILES string of the molecule is CCCCCCc1ccc(O)c(-c2ccc(C(C)=O)cc2)c1OC. The summed E-state index contributed by atoms with van der Waals surface area (Å²) < 4.78 is 5.62. The first-order valence-corrected chi connectivity index (χ1v) is 8.58. The predicted octanol–water partition coefficient (Wildman–Crippen LogP) is 5.39. The Kier molecular flexibility index (Phi) is 6.42. The minimum atomic E-state index is 0.0300. The Hall–Kier alpha value is -2.29. The van der Waals surface area contributed by atoms with Crippen molar-refractivity contribution in [2.45, 2.75) is 46.0 Å². The number of Topliss-reactive ketones (excluding diaryl/α,β-unsaturated/α-hetero) is 1. The van der Waals surface area contributed by atoms with Crippen LogP contribution >= 0.6 is 0 Å². The maximum atomic E-state index is 11.4. The summed E-state index contributed by atoms with van der Waals surface area (Å²) in [4.78, 5) is 11.4. The van der Waals surface area contributed by atoms with E-state index in [0.29, 0.717) is 11.1 Å². The van der Waals surface area contributed by atoms with Crippen molar-refractivity contribution in [2.75, 3.05) is 7.11 Å². The van der Waals surface area contributed by atoms with Crippen molar-refractivity contribution in [3.05, 3.63) is 47.5 Å². The van der Waals surface area contributed by atoms with Gasteiger partial charge in [-0.3, -0.25) is 4.79 Å². The van der Waals surface area contributed by atoms with Gasteiger partial charge in [0.2, 0.25) is 0 Å². The number of unbranched alkanes of at least 4 members (excludes halogenated alkanes) is 3. The van der Waals surface area contributed by atoms with E-state index >= 15 is 0 Å². The second kappa shape index (κ2) is 8.53. The lowest BCUT2D eigenvalue weighted by atomic mass is 9.96. The maximum absolute atomic E-state index is 11.4. The van der Waals surface area contributed by atoms with Gasteiger partial charge in [-0.2, -0.15) is 0 Å². The lowest BCUT2D eigenvalue weighted by Crippen LogP contribution is -1.97. The number of rotatable bonds is 8. The molecule has 0 atom stereocenters. The highest BCUT2D eigenvalue weighted by Gasteiger charge is 2.16. The zero-order valence-corrected chi connectivity index (χ0v) is 14.8. The molecule has 0 saturated heterocycles. The molecule has 2 rings (SSSR count). The van der Waals surface area contributed by atoms with Crippen molar-refractivity contribution in [2.24, 2.45) is 0 Å². The average molecular weight is 326 g/mol. The van der Waals surface area contributed by atoms with Gasteiger partial charge in [-0.1, -0.05) is 56.5 Å². The number of ether oxygens (including phenoxy) is 1. The molecule has 0 aromatic heterocycles. The van der Waals surface area contributed by atoms with Crippen LogP contribution in [-0.2, 0) is 6.42 Å². The standard InChI is InChI=1S/C21H26O3/c1-4-5-6-7-8-18-13-14-19(23)20(21(18)24-3)17-11-9-16(10-12-17)15(2)22/h9-14,23H,4-8H2,1-3H3. The van der Waals surface area contributed by atoms with E-state index in [0.717, 1.165) is 29.7 Å². The first kappa shape index (κ1) is 18.1. The molecule has 3 heteroatoms. The highest BCUT2D eigenvalue weighted by molar-refractivity contribution is 5.94. The molecule has 24 heavy (non-hydrogen) atoms. The number of phenols is 1. The van der Waals surface area contributed by atoms with Gasteiger partial charge in [0.05, 0.1) is 12.7 Å². The molecule has 0 aliphatic carbocycles. The summed E-state index contributed by atoms with van der Waals surface area (Å²) in [5.74, 6) is 0.948. The molecule has 0 bridgehead atoms. The van der Waals surface area contributed by atoms with Crippen LogP contribution in [0.5, 0.6) is 11.5 Å². The molecule has 2 aromatic rings. The average Bonchev–Trinajstić information content (AvgIpc) is 2.59. The van der Waals surface area contributed by atoms with Crippen LogP contribution in [0.1, 0.15) is 55.5 Å². The summed E-state index contributed by atoms with van der Waals surface area (Å²) in [6.45, 7) is 3.74. The van der Waals surface area contributed by atoms with E-state index in [1.54, 1.807) is 32.2 Å². The van der Waals surface area contributed by atoms with Crippen LogP contribution in [0.3, 0.4) is 0 Å². The zero-order valence-electron chi connectivity index (χ0n) is 14.8. The van der Waals surface area contributed by atoms with Crippen molar-refractivity contribution in [3.8, 4) is 22.6 Å². The maximum Gasteiger partial charge on any atom is 0.159 e. The number of aromatic hydroxyl groups is 1. The van der Waals surface area contributed by atoms with Gasteiger partial charge in [-0.25, -0.2) is 0 Å². The molecule has 0 fully saturated rings. The van der Waals surface area contributed by atoms with Gasteiger partial charge in [-0.05, 0) is 37.0 Å². The molecule has 0 spiro atoms. The van der Waals surface area contributed by atoms with Crippen LogP contribution in [0.4, 0.5) is 0 Å². The van der Waals surface area contributed by atoms with Crippen LogP contribution in [0.25, 0.3) is 11.1 Å². The van der Waals surface area contributed by atoms with E-state index in [4.69, 9.17) is 4.74 Å². The normalized spacial score (nSPS) is 10.6. The number of ketones is 1. The third kappa shape index (κ3) is 4.16. The van der Waals surface area contributed by atoms with Crippen LogP contribution in [0.2, 0.25) is 0 Å². The third-order valence-electron chi connectivity index (χ3n) is 4.30. The molecule has 0 saturated carbocycles. The van der Waals surface area contributed by atoms with Gasteiger partial charge in [0.1, 0.15) is 11.5 Å². The number of phenolic OH excluding ortho intramolecular Hbond substituents is 1. The zero-order chi connectivity index (χ0) is 17.5. The molecule has 0 heterocycles. The molecule has 0 aliphatic heterocycles. The number of methoxy groups -OCH3 is 1. The molecular formula is C21H26O3. The molecule has 0 unspecified atom stereocenters. The minimum absolute atomic E-state index is 0.0300. The number of carbonyl (C=O) groups is 1. The van der Waals surface area contributed by atoms with Crippen molar-refractivity contribution >= 4 is 5.78 Å². The topological polar surface area (TPSA) is 46.5 Å². The highest BCUT2D eigenvalue weighted by Crippen LogP contribution is 2.40. The van der Waals surface area contributed by atoms with Gasteiger partial charge in [-0.15, -0.1) is 0 Å². The largest absolute Gasteiger partial charge is 0.507 e. The van der Waals surface area contributed by atoms with Crippen molar-refractivity contribution in [3.63, 3.8) is 0 Å². The summed E-state index contributed by atoms with van der Waals surface area (Å²) in [5, 5.41) is 10.3. The van der Waals surface area contributed by atoms with E-state index in [1.165, 1.54) is 19.3 Å². The number of hydrogen-bond donors (Lipinski definition) is 1. The van der Waals surface area contributed by atoms with Crippen LogP contribution < -0.4 is 4.74 Å². The predicted molar refractivity (Wildman–Crippen MR) is 97.9 cm³/mol. The molecular weight excluding hydrogens is 300 g/mol. The van der Waals surface area contributed by atoms with E-state index in [9.17, 15) is 9.90 Å². The Morgan fingerprint density at radius 3 is 2.33 bits per heavy atom. The second-order valence-electron chi connectivity index (χ2n) is 6.10. The Labute approximate surface area is 144 Å². The highest BCUT2D eigenvalue weighted by atomic mass is 16.5. The third-order valence-corrected chi connectivity index (χ3v) is 4.30. The number of carbonyl (C=O) groups excluding carboxylic acids is 1. The Morgan fingerprint density at radius 1 is 1.04 bits per heavy atom. The summed E-state index contributed by atoms with van der Waals surface area (Å²) in [7, 11) is 1.64. The first-order chi connectivity index (χ1) is 11.6. The summed E-state index contributed by atoms with van der Waals surface area (Å²) in [6, 6.07) is 10.9. The lowest BCUT2D eigenvalue weighted by molar-refractivity contribution is 0.101. The van der Waals surface area contributed by atoms with Crippen LogP contribution in [0, 0.1) is 0 Å². The minimum Gasteiger partial charge on any atom is -0.507 e. The van der Waals surface area contributed by atoms with E-state index in [2.05, 4.69) is 6.92 Å². The number of hydrogen-bond acceptors (Lipinski definition) is 3.